The van der Waals surface area contributed by atoms with E-state index < -0.39 is 0 Å². The number of hydrogen-bond donors (Lipinski definition) is 0. The molecule has 0 spiro atoms. The standard InChI is InChI=1S/C20H25O6P.Li.H/c1-13-10-14(26-9-8-22-2)6-7-18(13)27-20(21)19-16(24-4)11-15(23-3)12-17(19)25-5;;/h6-7,10-12,27H,8-9H2,1-5H3;;. The van der Waals surface area contributed by atoms with Gasteiger partial charge in [-0.05, 0) is 38.5 Å². The van der Waals surface area contributed by atoms with Crippen LogP contribution in [-0.2, 0) is 4.74 Å². The number of carbonyl (C=O) groups is 1. The van der Waals surface area contributed by atoms with Gasteiger partial charge in [-0.2, -0.15) is 0 Å². The Balaban J connectivity index is 0.00000392. The van der Waals surface area contributed by atoms with Crippen molar-refractivity contribution in [1.29, 1.82) is 0 Å². The molecular weight excluding hydrogens is 374 g/mol. The van der Waals surface area contributed by atoms with Crippen LogP contribution >= 0.6 is 8.58 Å². The van der Waals surface area contributed by atoms with E-state index in [4.69, 9.17) is 23.7 Å². The van der Waals surface area contributed by atoms with Gasteiger partial charge < -0.3 is 23.7 Å². The zero-order valence-electron chi connectivity index (χ0n) is 16.3. The Morgan fingerprint density at radius 1 is 0.893 bits per heavy atom. The van der Waals surface area contributed by atoms with E-state index >= 15 is 0 Å². The van der Waals surface area contributed by atoms with Crippen molar-refractivity contribution in [2.45, 2.75) is 6.92 Å². The summed E-state index contributed by atoms with van der Waals surface area (Å²) < 4.78 is 26.6. The molecule has 2 aromatic carbocycles. The quantitative estimate of drug-likeness (QED) is 0.347. The maximum absolute atomic E-state index is 13.0. The van der Waals surface area contributed by atoms with Gasteiger partial charge in [0.1, 0.15) is 35.2 Å². The van der Waals surface area contributed by atoms with Crippen LogP contribution in [0.15, 0.2) is 30.3 Å². The van der Waals surface area contributed by atoms with Crippen LogP contribution in [0.2, 0.25) is 0 Å². The van der Waals surface area contributed by atoms with Crippen molar-refractivity contribution < 1.29 is 28.5 Å². The fourth-order valence-electron chi connectivity index (χ4n) is 2.52. The van der Waals surface area contributed by atoms with Crippen LogP contribution in [0.5, 0.6) is 23.0 Å². The number of ether oxygens (including phenoxy) is 5. The molecule has 0 aliphatic carbocycles. The summed E-state index contributed by atoms with van der Waals surface area (Å²) in [6, 6.07) is 9.06. The SMILES string of the molecule is COCCOc1ccc(PC(=O)c2c(OC)cc(OC)cc2OC)c(C)c1.[LiH]. The fraction of sp³-hybridized carbons (Fsp3) is 0.350. The van der Waals surface area contributed by atoms with E-state index in [9.17, 15) is 4.79 Å². The summed E-state index contributed by atoms with van der Waals surface area (Å²) in [6.07, 6.45) is 0. The van der Waals surface area contributed by atoms with E-state index in [1.807, 2.05) is 25.1 Å². The van der Waals surface area contributed by atoms with Gasteiger partial charge in [0.2, 0.25) is 0 Å². The molecule has 1 unspecified atom stereocenters. The predicted octanol–water partition coefficient (Wildman–Crippen LogP) is 2.54. The van der Waals surface area contributed by atoms with Gasteiger partial charge >= 0.3 is 18.9 Å². The Morgan fingerprint density at radius 3 is 2.04 bits per heavy atom. The van der Waals surface area contributed by atoms with Gasteiger partial charge in [0, 0.05) is 19.2 Å². The molecule has 0 aromatic heterocycles. The molecule has 0 aliphatic rings. The molecule has 0 heterocycles. The molecule has 2 rings (SSSR count). The summed E-state index contributed by atoms with van der Waals surface area (Å²) in [5, 5.41) is 0.944. The monoisotopic (exact) mass is 400 g/mol. The minimum absolute atomic E-state index is 0. The van der Waals surface area contributed by atoms with Crippen LogP contribution in [0.4, 0.5) is 0 Å². The molecule has 6 nitrogen and oxygen atoms in total. The third-order valence-corrected chi connectivity index (χ3v) is 5.25. The second-order valence-electron chi connectivity index (χ2n) is 5.68. The van der Waals surface area contributed by atoms with Crippen LogP contribution in [0, 0.1) is 6.92 Å². The van der Waals surface area contributed by atoms with Crippen molar-refractivity contribution in [3.8, 4) is 23.0 Å². The predicted molar refractivity (Wildman–Crippen MR) is 114 cm³/mol. The average molecular weight is 400 g/mol. The second kappa shape index (κ2) is 12.0. The van der Waals surface area contributed by atoms with Gasteiger partial charge in [-0.15, -0.1) is 0 Å². The number of carbonyl (C=O) groups excluding carboxylic acids is 1. The third-order valence-electron chi connectivity index (χ3n) is 3.94. The number of methoxy groups -OCH3 is 4. The van der Waals surface area contributed by atoms with Crippen LogP contribution in [0.3, 0.4) is 0 Å². The first kappa shape index (κ1) is 24.3. The van der Waals surface area contributed by atoms with Gasteiger partial charge in [-0.25, -0.2) is 0 Å². The van der Waals surface area contributed by atoms with E-state index in [0.29, 0.717) is 36.0 Å². The molecule has 0 saturated heterocycles. The summed E-state index contributed by atoms with van der Waals surface area (Å²) in [7, 11) is 6.15. The van der Waals surface area contributed by atoms with Crippen molar-refractivity contribution in [3.63, 3.8) is 0 Å². The first-order valence-electron chi connectivity index (χ1n) is 8.37. The zero-order valence-corrected chi connectivity index (χ0v) is 17.3. The fourth-order valence-corrected chi connectivity index (χ4v) is 3.58. The Labute approximate surface area is 179 Å². The average Bonchev–Trinajstić information content (AvgIpc) is 2.68. The van der Waals surface area contributed by atoms with Crippen LogP contribution in [0.1, 0.15) is 15.9 Å². The molecule has 0 fully saturated rings. The molecule has 0 amide bonds. The Bertz CT molecular complexity index is 771. The summed E-state index contributed by atoms with van der Waals surface area (Å²) in [5.74, 6) is 2.18. The van der Waals surface area contributed by atoms with Gasteiger partial charge in [-0.3, -0.25) is 4.79 Å². The van der Waals surface area contributed by atoms with Gasteiger partial charge in [0.25, 0.3) is 0 Å². The molecule has 8 heteroatoms. The Kier molecular flexibility index (Phi) is 10.4. The third kappa shape index (κ3) is 6.15. The summed E-state index contributed by atoms with van der Waals surface area (Å²) in [6.45, 7) is 2.97. The maximum atomic E-state index is 13.0. The first-order valence-corrected chi connectivity index (χ1v) is 9.37. The van der Waals surface area contributed by atoms with Crippen molar-refractivity contribution in [1.82, 2.24) is 0 Å². The number of hydrogen-bond acceptors (Lipinski definition) is 6. The molecular formula is C20H26LiO6P. The van der Waals surface area contributed by atoms with Gasteiger partial charge in [-0.1, -0.05) is 6.07 Å². The molecule has 1 atom stereocenters. The van der Waals surface area contributed by atoms with Crippen LogP contribution < -0.4 is 24.3 Å². The van der Waals surface area contributed by atoms with Crippen molar-refractivity contribution >= 4 is 38.3 Å². The molecule has 0 bridgehead atoms. The normalized spacial score (nSPS) is 10.5. The molecule has 148 valence electrons. The Morgan fingerprint density at radius 2 is 1.54 bits per heavy atom. The number of aryl methyl sites for hydroxylation is 1. The summed E-state index contributed by atoms with van der Waals surface area (Å²) in [4.78, 5) is 13.0. The van der Waals surface area contributed by atoms with Crippen molar-refractivity contribution in [3.05, 3.63) is 41.5 Å². The van der Waals surface area contributed by atoms with Crippen LogP contribution in [0.25, 0.3) is 0 Å². The van der Waals surface area contributed by atoms with Crippen LogP contribution in [-0.4, -0.2) is 66.0 Å². The van der Waals surface area contributed by atoms with E-state index in [-0.39, 0.29) is 33.0 Å². The van der Waals surface area contributed by atoms with Crippen molar-refractivity contribution in [2.24, 2.45) is 0 Å². The molecule has 2 aromatic rings. The molecule has 0 aliphatic heterocycles. The first-order chi connectivity index (χ1) is 13.0. The van der Waals surface area contributed by atoms with Crippen molar-refractivity contribution in [2.75, 3.05) is 41.7 Å². The topological polar surface area (TPSA) is 63.2 Å². The molecule has 0 radical (unpaired) electrons. The summed E-state index contributed by atoms with van der Waals surface area (Å²) in [5.41, 5.74) is 1.34. The van der Waals surface area contributed by atoms with Gasteiger partial charge in [0.05, 0.1) is 27.9 Å². The van der Waals surface area contributed by atoms with E-state index in [0.717, 1.165) is 16.6 Å². The zero-order chi connectivity index (χ0) is 19.8. The Hall–Kier alpha value is -1.70. The molecule has 0 saturated carbocycles. The molecule has 0 N–H and O–H groups in total. The number of rotatable bonds is 10. The molecule has 28 heavy (non-hydrogen) atoms. The van der Waals surface area contributed by atoms with Gasteiger partial charge in [0.15, 0.2) is 5.52 Å². The van der Waals surface area contributed by atoms with E-state index in [2.05, 4.69) is 0 Å². The second-order valence-corrected chi connectivity index (χ2v) is 6.92. The van der Waals surface area contributed by atoms with E-state index in [1.165, 1.54) is 14.2 Å². The number of benzene rings is 2. The van der Waals surface area contributed by atoms with E-state index in [1.54, 1.807) is 26.4 Å². The minimum atomic E-state index is -0.0704. The summed E-state index contributed by atoms with van der Waals surface area (Å²) >= 11 is 0.